The molecule has 1 rings (SSSR count). The van der Waals surface area contributed by atoms with Gasteiger partial charge in [-0.25, -0.2) is 0 Å². The van der Waals surface area contributed by atoms with Gasteiger partial charge in [-0.2, -0.15) is 0 Å². The zero-order valence-corrected chi connectivity index (χ0v) is 9.65. The van der Waals surface area contributed by atoms with E-state index in [4.69, 9.17) is 0 Å². The Morgan fingerprint density at radius 2 is 1.57 bits per heavy atom. The Balaban J connectivity index is 3.38. The third-order valence-corrected chi connectivity index (χ3v) is 2.97. The number of aromatic hydroxyl groups is 1. The second-order valence-electron chi connectivity index (χ2n) is 3.71. The number of rotatable bonds is 3. The summed E-state index contributed by atoms with van der Waals surface area (Å²) in [5.41, 5.74) is 4.76. The summed E-state index contributed by atoms with van der Waals surface area (Å²) < 4.78 is 0. The molecule has 1 N–H and O–H groups in total. The first-order valence-corrected chi connectivity index (χ1v) is 5.48. The monoisotopic (exact) mass is 192 g/mol. The van der Waals surface area contributed by atoms with Crippen LogP contribution in [0.2, 0.25) is 0 Å². The van der Waals surface area contributed by atoms with E-state index < -0.39 is 0 Å². The molecule has 78 valence electrons. The summed E-state index contributed by atoms with van der Waals surface area (Å²) in [5, 5.41) is 10.0. The molecule has 14 heavy (non-hydrogen) atoms. The van der Waals surface area contributed by atoms with Gasteiger partial charge in [0.25, 0.3) is 0 Å². The Hall–Kier alpha value is -0.980. The lowest BCUT2D eigenvalue weighted by atomic mass is 9.93. The minimum Gasteiger partial charge on any atom is -0.507 e. The molecule has 0 amide bonds. The van der Waals surface area contributed by atoms with Gasteiger partial charge in [-0.3, -0.25) is 0 Å². The SMILES string of the molecule is CCc1cc(CC)c(CC)c(O)c1C. The fourth-order valence-electron chi connectivity index (χ4n) is 2.01. The average Bonchev–Trinajstić information content (AvgIpc) is 2.21. The lowest BCUT2D eigenvalue weighted by molar-refractivity contribution is 0.462. The van der Waals surface area contributed by atoms with E-state index in [1.54, 1.807) is 0 Å². The molecule has 1 nitrogen and oxygen atoms in total. The van der Waals surface area contributed by atoms with Gasteiger partial charge >= 0.3 is 0 Å². The van der Waals surface area contributed by atoms with Crippen molar-refractivity contribution in [1.29, 1.82) is 0 Å². The van der Waals surface area contributed by atoms with Crippen molar-refractivity contribution in [3.8, 4) is 5.75 Å². The van der Waals surface area contributed by atoms with Crippen LogP contribution in [0.4, 0.5) is 0 Å². The smallest absolute Gasteiger partial charge is 0.122 e. The van der Waals surface area contributed by atoms with E-state index in [2.05, 4.69) is 26.8 Å². The maximum Gasteiger partial charge on any atom is 0.122 e. The van der Waals surface area contributed by atoms with Gasteiger partial charge in [-0.15, -0.1) is 0 Å². The van der Waals surface area contributed by atoms with Gasteiger partial charge in [0.05, 0.1) is 0 Å². The van der Waals surface area contributed by atoms with Gasteiger partial charge in [-0.05, 0) is 48.4 Å². The van der Waals surface area contributed by atoms with Crippen molar-refractivity contribution >= 4 is 0 Å². The number of aryl methyl sites for hydroxylation is 2. The predicted molar refractivity (Wildman–Crippen MR) is 61.0 cm³/mol. The Kier molecular flexibility index (Phi) is 3.56. The van der Waals surface area contributed by atoms with Crippen LogP contribution in [0, 0.1) is 6.92 Å². The van der Waals surface area contributed by atoms with Crippen LogP contribution in [-0.2, 0) is 19.3 Å². The summed E-state index contributed by atoms with van der Waals surface area (Å²) in [7, 11) is 0. The van der Waals surface area contributed by atoms with E-state index in [1.807, 2.05) is 6.92 Å². The first-order chi connectivity index (χ1) is 6.65. The number of phenolic OH excluding ortho intramolecular Hbond substituents is 1. The first kappa shape index (κ1) is 11.1. The molecule has 1 aromatic carbocycles. The van der Waals surface area contributed by atoms with Gasteiger partial charge in [0.2, 0.25) is 0 Å². The number of hydrogen-bond acceptors (Lipinski definition) is 1. The van der Waals surface area contributed by atoms with Gasteiger partial charge in [0.1, 0.15) is 5.75 Å². The molecule has 0 saturated carbocycles. The van der Waals surface area contributed by atoms with Gasteiger partial charge in [0, 0.05) is 0 Å². The molecule has 0 fully saturated rings. The first-order valence-electron chi connectivity index (χ1n) is 5.48. The van der Waals surface area contributed by atoms with Crippen LogP contribution in [0.15, 0.2) is 6.07 Å². The van der Waals surface area contributed by atoms with E-state index in [1.165, 1.54) is 11.1 Å². The normalized spacial score (nSPS) is 10.6. The quantitative estimate of drug-likeness (QED) is 0.778. The van der Waals surface area contributed by atoms with Crippen molar-refractivity contribution in [1.82, 2.24) is 0 Å². The third-order valence-electron chi connectivity index (χ3n) is 2.97. The molecule has 1 aromatic rings. The van der Waals surface area contributed by atoms with E-state index in [-0.39, 0.29) is 0 Å². The van der Waals surface area contributed by atoms with Crippen LogP contribution in [0.3, 0.4) is 0 Å². The fraction of sp³-hybridized carbons (Fsp3) is 0.538. The van der Waals surface area contributed by atoms with Crippen LogP contribution in [-0.4, -0.2) is 5.11 Å². The molecule has 0 atom stereocenters. The standard InChI is InChI=1S/C13H20O/c1-5-10-8-11(6-2)12(7-3)13(14)9(10)4/h8,14H,5-7H2,1-4H3. The Labute approximate surface area is 86.8 Å². The summed E-state index contributed by atoms with van der Waals surface area (Å²) in [6.45, 7) is 8.38. The Morgan fingerprint density at radius 1 is 1.00 bits per heavy atom. The number of benzene rings is 1. The molecule has 0 bridgehead atoms. The maximum atomic E-state index is 10.0. The third kappa shape index (κ3) is 1.77. The van der Waals surface area contributed by atoms with Crippen LogP contribution >= 0.6 is 0 Å². The Morgan fingerprint density at radius 3 is 2.00 bits per heavy atom. The van der Waals surface area contributed by atoms with E-state index in [9.17, 15) is 5.11 Å². The summed E-state index contributed by atoms with van der Waals surface area (Å²) in [5.74, 6) is 0.517. The molecular weight excluding hydrogens is 172 g/mol. The minimum atomic E-state index is 0.517. The highest BCUT2D eigenvalue weighted by Crippen LogP contribution is 2.30. The topological polar surface area (TPSA) is 20.2 Å². The summed E-state index contributed by atoms with van der Waals surface area (Å²) in [6, 6.07) is 2.24. The molecule has 0 aromatic heterocycles. The highest BCUT2D eigenvalue weighted by molar-refractivity contribution is 5.49. The molecule has 1 heteroatoms. The summed E-state index contributed by atoms with van der Waals surface area (Å²) >= 11 is 0. The average molecular weight is 192 g/mol. The molecule has 0 saturated heterocycles. The second kappa shape index (κ2) is 4.50. The van der Waals surface area contributed by atoms with Crippen molar-refractivity contribution in [2.45, 2.75) is 47.0 Å². The van der Waals surface area contributed by atoms with E-state index in [0.29, 0.717) is 5.75 Å². The van der Waals surface area contributed by atoms with Crippen molar-refractivity contribution < 1.29 is 5.11 Å². The minimum absolute atomic E-state index is 0.517. The van der Waals surface area contributed by atoms with Crippen LogP contribution in [0.5, 0.6) is 5.75 Å². The van der Waals surface area contributed by atoms with Crippen LogP contribution in [0.25, 0.3) is 0 Å². The van der Waals surface area contributed by atoms with Gasteiger partial charge in [0.15, 0.2) is 0 Å². The van der Waals surface area contributed by atoms with Crippen molar-refractivity contribution in [2.75, 3.05) is 0 Å². The molecule has 0 aliphatic rings. The zero-order chi connectivity index (χ0) is 10.7. The van der Waals surface area contributed by atoms with Crippen molar-refractivity contribution in [3.05, 3.63) is 28.3 Å². The second-order valence-corrected chi connectivity index (χ2v) is 3.71. The number of hydrogen-bond donors (Lipinski definition) is 1. The molecule has 0 spiro atoms. The molecule has 0 aliphatic carbocycles. The summed E-state index contributed by atoms with van der Waals surface area (Å²) in [6.07, 6.45) is 2.92. The highest BCUT2D eigenvalue weighted by atomic mass is 16.3. The lowest BCUT2D eigenvalue weighted by Gasteiger charge is -2.14. The molecule has 0 unspecified atom stereocenters. The number of phenols is 1. The van der Waals surface area contributed by atoms with Gasteiger partial charge in [-0.1, -0.05) is 26.8 Å². The predicted octanol–water partition coefficient (Wildman–Crippen LogP) is 3.39. The van der Waals surface area contributed by atoms with E-state index >= 15 is 0 Å². The molecule has 0 heterocycles. The Bertz CT molecular complexity index is 326. The largest absolute Gasteiger partial charge is 0.507 e. The van der Waals surface area contributed by atoms with Crippen LogP contribution < -0.4 is 0 Å². The maximum absolute atomic E-state index is 10.0. The van der Waals surface area contributed by atoms with Crippen molar-refractivity contribution in [3.63, 3.8) is 0 Å². The summed E-state index contributed by atoms with van der Waals surface area (Å²) in [4.78, 5) is 0. The molecule has 0 aliphatic heterocycles. The zero-order valence-electron chi connectivity index (χ0n) is 9.65. The molecular formula is C13H20O. The molecule has 0 radical (unpaired) electrons. The van der Waals surface area contributed by atoms with E-state index in [0.717, 1.165) is 30.4 Å². The van der Waals surface area contributed by atoms with Crippen molar-refractivity contribution in [2.24, 2.45) is 0 Å². The lowest BCUT2D eigenvalue weighted by Crippen LogP contribution is -1.98. The fourth-order valence-corrected chi connectivity index (χ4v) is 2.01. The van der Waals surface area contributed by atoms with Crippen LogP contribution in [0.1, 0.15) is 43.0 Å². The van der Waals surface area contributed by atoms with Gasteiger partial charge < -0.3 is 5.11 Å². The highest BCUT2D eigenvalue weighted by Gasteiger charge is 2.11.